The van der Waals surface area contributed by atoms with Crippen LogP contribution in [0.5, 0.6) is 5.75 Å². The smallest absolute Gasteiger partial charge is 0.327 e. The summed E-state index contributed by atoms with van der Waals surface area (Å²) in [6, 6.07) is 15.4. The topological polar surface area (TPSA) is 115 Å². The van der Waals surface area contributed by atoms with E-state index in [-0.39, 0.29) is 24.8 Å². The highest BCUT2D eigenvalue weighted by atomic mass is 16.5. The first-order valence-electron chi connectivity index (χ1n) is 12.3. The Morgan fingerprint density at radius 1 is 1.11 bits per heavy atom. The van der Waals surface area contributed by atoms with Crippen molar-refractivity contribution < 1.29 is 14.3 Å². The summed E-state index contributed by atoms with van der Waals surface area (Å²) in [6.45, 7) is 6.79. The maximum atomic E-state index is 13.1. The number of aryl methyl sites for hydroxylation is 1. The minimum atomic E-state index is -0.413. The fourth-order valence-corrected chi connectivity index (χ4v) is 4.53. The van der Waals surface area contributed by atoms with Crippen LogP contribution in [0.3, 0.4) is 0 Å². The maximum absolute atomic E-state index is 13.1. The maximum Gasteiger partial charge on any atom is 0.327 e. The van der Waals surface area contributed by atoms with Gasteiger partial charge in [0, 0.05) is 29.7 Å². The number of fused-ring (bicyclic) bond motifs is 1. The van der Waals surface area contributed by atoms with E-state index in [1.54, 1.807) is 14.0 Å². The average Bonchev–Trinajstić information content (AvgIpc) is 3.33. The van der Waals surface area contributed by atoms with Crippen LogP contribution in [0, 0.1) is 6.92 Å². The zero-order chi connectivity index (χ0) is 26.4. The highest BCUT2D eigenvalue weighted by Gasteiger charge is 2.27. The lowest BCUT2D eigenvalue weighted by Gasteiger charge is -2.30. The lowest BCUT2D eigenvalue weighted by Crippen LogP contribution is -2.33. The van der Waals surface area contributed by atoms with Gasteiger partial charge in [-0.05, 0) is 60.3 Å². The van der Waals surface area contributed by atoms with Gasteiger partial charge in [-0.15, -0.1) is 5.10 Å². The number of carbonyl (C=O) groups is 1. The fourth-order valence-electron chi connectivity index (χ4n) is 4.53. The Morgan fingerprint density at radius 2 is 1.89 bits per heavy atom. The molecule has 0 bridgehead atoms. The first-order valence-corrected chi connectivity index (χ1v) is 12.3. The van der Waals surface area contributed by atoms with E-state index in [4.69, 9.17) is 9.47 Å². The Kier molecular flexibility index (Phi) is 8.29. The molecule has 10 nitrogen and oxygen atoms in total. The number of carbonyl (C=O) groups excluding carboxylic acids is 1. The predicted molar refractivity (Wildman–Crippen MR) is 139 cm³/mol. The van der Waals surface area contributed by atoms with Gasteiger partial charge < -0.3 is 14.5 Å². The van der Waals surface area contributed by atoms with Crippen LogP contribution in [0.25, 0.3) is 10.9 Å². The number of hydrogen-bond donors (Lipinski definition) is 1. The molecule has 4 rings (SSSR count). The number of benzene rings is 2. The van der Waals surface area contributed by atoms with Gasteiger partial charge in [0.25, 0.3) is 5.56 Å². The van der Waals surface area contributed by atoms with E-state index in [0.29, 0.717) is 30.9 Å². The Hall–Kier alpha value is -4.05. The van der Waals surface area contributed by atoms with E-state index in [9.17, 15) is 9.59 Å². The SMILES string of the molecule is CCOC(=O)Cn1nnnc1C(CC)N(Cc1ccccc1OC)Cc1cc2cc(C)ccc2[nH]c1=O. The molecular weight excluding hydrogens is 472 g/mol. The van der Waals surface area contributed by atoms with Crippen molar-refractivity contribution >= 4 is 16.9 Å². The Bertz CT molecular complexity index is 1430. The van der Waals surface area contributed by atoms with Crippen LogP contribution in [0.15, 0.2) is 53.3 Å². The van der Waals surface area contributed by atoms with Crippen molar-refractivity contribution in [2.24, 2.45) is 0 Å². The van der Waals surface area contributed by atoms with Crippen LogP contribution in [-0.2, 0) is 29.2 Å². The van der Waals surface area contributed by atoms with Crippen LogP contribution in [-0.4, -0.2) is 49.8 Å². The van der Waals surface area contributed by atoms with Crippen LogP contribution < -0.4 is 10.3 Å². The molecule has 1 unspecified atom stereocenters. The van der Waals surface area contributed by atoms with E-state index in [1.165, 1.54) is 4.68 Å². The standard InChI is InChI=1S/C27H32N6O4/c1-5-23(26-29-30-31-33(26)17-25(34)37-6-2)32(15-19-9-7-8-10-24(19)36-4)16-21-14-20-13-18(3)11-12-22(20)28-27(21)35/h7-14,23H,5-6,15-17H2,1-4H3,(H,28,35). The van der Waals surface area contributed by atoms with Gasteiger partial charge >= 0.3 is 5.97 Å². The molecule has 2 heterocycles. The van der Waals surface area contributed by atoms with E-state index in [2.05, 4.69) is 31.5 Å². The number of nitrogens with zero attached hydrogens (tertiary/aromatic N) is 5. The molecule has 0 aliphatic rings. The summed E-state index contributed by atoms with van der Waals surface area (Å²) in [7, 11) is 1.64. The number of pyridine rings is 1. The minimum absolute atomic E-state index is 0.0923. The molecule has 194 valence electrons. The second-order valence-corrected chi connectivity index (χ2v) is 8.86. The number of nitrogens with one attached hydrogen (secondary N) is 1. The first-order chi connectivity index (χ1) is 17.9. The molecule has 0 spiro atoms. The van der Waals surface area contributed by atoms with Gasteiger partial charge in [0.05, 0.1) is 19.8 Å². The molecule has 0 amide bonds. The van der Waals surface area contributed by atoms with Gasteiger partial charge in [0.15, 0.2) is 5.82 Å². The summed E-state index contributed by atoms with van der Waals surface area (Å²) in [6.07, 6.45) is 0.642. The van der Waals surface area contributed by atoms with Crippen molar-refractivity contribution in [2.75, 3.05) is 13.7 Å². The molecule has 0 aliphatic heterocycles. The van der Waals surface area contributed by atoms with Gasteiger partial charge in [-0.25, -0.2) is 4.68 Å². The summed E-state index contributed by atoms with van der Waals surface area (Å²) in [5.41, 5.74) is 3.33. The second kappa shape index (κ2) is 11.8. The third-order valence-corrected chi connectivity index (χ3v) is 6.29. The van der Waals surface area contributed by atoms with Crippen molar-refractivity contribution in [3.8, 4) is 5.75 Å². The summed E-state index contributed by atoms with van der Waals surface area (Å²) < 4.78 is 12.2. The fraction of sp³-hybridized carbons (Fsp3) is 0.370. The van der Waals surface area contributed by atoms with Gasteiger partial charge in [-0.3, -0.25) is 14.5 Å². The Labute approximate surface area is 215 Å². The number of esters is 1. The van der Waals surface area contributed by atoms with Crippen molar-refractivity contribution in [3.05, 3.63) is 81.4 Å². The number of aromatic nitrogens is 5. The average molecular weight is 505 g/mol. The summed E-state index contributed by atoms with van der Waals surface area (Å²) in [4.78, 5) is 30.4. The molecule has 2 aromatic carbocycles. The number of H-pyrrole nitrogens is 1. The molecule has 4 aromatic rings. The monoisotopic (exact) mass is 504 g/mol. The first kappa shape index (κ1) is 26.0. The molecule has 0 radical (unpaired) electrons. The number of methoxy groups -OCH3 is 1. The van der Waals surface area contributed by atoms with E-state index in [0.717, 1.165) is 27.8 Å². The normalized spacial score (nSPS) is 12.1. The molecule has 0 fully saturated rings. The van der Waals surface area contributed by atoms with Crippen molar-refractivity contribution in [3.63, 3.8) is 0 Å². The van der Waals surface area contributed by atoms with Crippen LogP contribution in [0.2, 0.25) is 0 Å². The predicted octanol–water partition coefficient (Wildman–Crippen LogP) is 3.55. The summed E-state index contributed by atoms with van der Waals surface area (Å²) in [5.74, 6) is 0.860. The third-order valence-electron chi connectivity index (χ3n) is 6.29. The van der Waals surface area contributed by atoms with Gasteiger partial charge in [0.1, 0.15) is 12.3 Å². The zero-order valence-electron chi connectivity index (χ0n) is 21.6. The molecule has 2 aromatic heterocycles. The zero-order valence-corrected chi connectivity index (χ0v) is 21.6. The molecule has 1 atom stereocenters. The van der Waals surface area contributed by atoms with E-state index in [1.807, 2.05) is 56.3 Å². The minimum Gasteiger partial charge on any atom is -0.496 e. The summed E-state index contributed by atoms with van der Waals surface area (Å²) >= 11 is 0. The van der Waals surface area contributed by atoms with E-state index >= 15 is 0 Å². The van der Waals surface area contributed by atoms with Crippen molar-refractivity contribution in [1.82, 2.24) is 30.1 Å². The molecular formula is C27H32N6O4. The molecule has 37 heavy (non-hydrogen) atoms. The highest BCUT2D eigenvalue weighted by molar-refractivity contribution is 5.79. The van der Waals surface area contributed by atoms with Gasteiger partial charge in [-0.2, -0.15) is 0 Å². The molecule has 0 saturated heterocycles. The quantitative estimate of drug-likeness (QED) is 0.308. The molecule has 0 aliphatic carbocycles. The number of aromatic amines is 1. The van der Waals surface area contributed by atoms with Crippen molar-refractivity contribution in [2.45, 2.75) is 52.9 Å². The largest absolute Gasteiger partial charge is 0.496 e. The highest BCUT2D eigenvalue weighted by Crippen LogP contribution is 2.29. The number of rotatable bonds is 11. The number of para-hydroxylation sites is 1. The number of hydrogen-bond acceptors (Lipinski definition) is 8. The van der Waals surface area contributed by atoms with Gasteiger partial charge in [0.2, 0.25) is 0 Å². The number of tetrazole rings is 1. The molecule has 10 heteroatoms. The van der Waals surface area contributed by atoms with Gasteiger partial charge in [-0.1, -0.05) is 36.8 Å². The molecule has 0 saturated carbocycles. The lowest BCUT2D eigenvalue weighted by atomic mass is 10.1. The third kappa shape index (κ3) is 6.03. The Balaban J connectivity index is 1.75. The lowest BCUT2D eigenvalue weighted by molar-refractivity contribution is -0.144. The van der Waals surface area contributed by atoms with Crippen LogP contribution in [0.4, 0.5) is 0 Å². The van der Waals surface area contributed by atoms with Crippen molar-refractivity contribution in [1.29, 1.82) is 0 Å². The van der Waals surface area contributed by atoms with E-state index < -0.39 is 5.97 Å². The van der Waals surface area contributed by atoms with Crippen LogP contribution >= 0.6 is 0 Å². The number of ether oxygens (including phenoxy) is 2. The van der Waals surface area contributed by atoms with Crippen LogP contribution in [0.1, 0.15) is 48.8 Å². The second-order valence-electron chi connectivity index (χ2n) is 8.86. The Morgan fingerprint density at radius 3 is 2.65 bits per heavy atom. The molecule has 1 N–H and O–H groups in total. The summed E-state index contributed by atoms with van der Waals surface area (Å²) in [5, 5.41) is 13.1.